The van der Waals surface area contributed by atoms with Crippen LogP contribution in [-0.4, -0.2) is 37.1 Å². The Kier molecular flexibility index (Phi) is 4.01. The van der Waals surface area contributed by atoms with Crippen molar-refractivity contribution in [3.05, 3.63) is 51.6 Å². The molecule has 0 bridgehead atoms. The Morgan fingerprint density at radius 1 is 1.18 bits per heavy atom. The molecule has 9 heteroatoms. The lowest BCUT2D eigenvalue weighted by molar-refractivity contribution is 0.0638. The molecule has 0 spiro atoms. The number of carbonyl (C=O) groups excluding carboxylic acids is 1. The van der Waals surface area contributed by atoms with Crippen LogP contribution >= 0.6 is 11.3 Å². The smallest absolute Gasteiger partial charge is 0.254 e. The standard InChI is InChI=1S/C19H17F2N5OS/c1-10-16-23-24-17(15-9-28-18(22-15)11-2-3-11)26(16)7-6-25(10)19(27)12-4-5-13(20)14(21)8-12/h4-5,8-11H,2-3,6-7H2,1H3/t10-/m1/s1. The maximum atomic E-state index is 13.5. The predicted molar refractivity (Wildman–Crippen MR) is 98.9 cm³/mol. The van der Waals surface area contributed by atoms with Crippen molar-refractivity contribution in [1.29, 1.82) is 0 Å². The summed E-state index contributed by atoms with van der Waals surface area (Å²) in [7, 11) is 0. The summed E-state index contributed by atoms with van der Waals surface area (Å²) in [4.78, 5) is 19.1. The van der Waals surface area contributed by atoms with Gasteiger partial charge in [-0.1, -0.05) is 0 Å². The highest BCUT2D eigenvalue weighted by atomic mass is 32.1. The third kappa shape index (κ3) is 2.81. The monoisotopic (exact) mass is 401 g/mol. The van der Waals surface area contributed by atoms with E-state index in [2.05, 4.69) is 10.2 Å². The van der Waals surface area contributed by atoms with Gasteiger partial charge in [0.2, 0.25) is 0 Å². The molecule has 1 fully saturated rings. The van der Waals surface area contributed by atoms with Crippen LogP contribution in [0.3, 0.4) is 0 Å². The van der Waals surface area contributed by atoms with Gasteiger partial charge in [0.1, 0.15) is 5.69 Å². The van der Waals surface area contributed by atoms with Crippen LogP contribution in [0.15, 0.2) is 23.6 Å². The number of carbonyl (C=O) groups is 1. The lowest BCUT2D eigenvalue weighted by Gasteiger charge is -2.33. The van der Waals surface area contributed by atoms with Crippen LogP contribution < -0.4 is 0 Å². The molecular formula is C19H17F2N5OS. The first-order chi connectivity index (χ1) is 13.5. The summed E-state index contributed by atoms with van der Waals surface area (Å²) in [6.45, 7) is 2.81. The Hall–Kier alpha value is -2.68. The number of halogens is 2. The Morgan fingerprint density at radius 2 is 2.00 bits per heavy atom. The van der Waals surface area contributed by atoms with Gasteiger partial charge in [0, 0.05) is 30.0 Å². The second kappa shape index (κ2) is 6.44. The number of hydrogen-bond acceptors (Lipinski definition) is 5. The van der Waals surface area contributed by atoms with Gasteiger partial charge in [-0.3, -0.25) is 4.79 Å². The number of hydrogen-bond donors (Lipinski definition) is 0. The third-order valence-electron chi connectivity index (χ3n) is 5.29. The van der Waals surface area contributed by atoms with E-state index in [9.17, 15) is 13.6 Å². The molecule has 1 aliphatic carbocycles. The van der Waals surface area contributed by atoms with Gasteiger partial charge in [-0.15, -0.1) is 21.5 Å². The van der Waals surface area contributed by atoms with Gasteiger partial charge in [0.15, 0.2) is 23.3 Å². The average molecular weight is 401 g/mol. The molecule has 0 N–H and O–H groups in total. The lowest BCUT2D eigenvalue weighted by Crippen LogP contribution is -2.41. The first-order valence-corrected chi connectivity index (χ1v) is 10.1. The molecule has 0 radical (unpaired) electrons. The molecule has 1 aliphatic heterocycles. The van der Waals surface area contributed by atoms with Gasteiger partial charge in [-0.05, 0) is 38.0 Å². The van der Waals surface area contributed by atoms with Gasteiger partial charge in [-0.25, -0.2) is 13.8 Å². The van der Waals surface area contributed by atoms with Gasteiger partial charge < -0.3 is 9.47 Å². The molecule has 1 atom stereocenters. The summed E-state index contributed by atoms with van der Waals surface area (Å²) in [5.74, 6) is -0.391. The Balaban J connectivity index is 1.42. The van der Waals surface area contributed by atoms with Crippen molar-refractivity contribution in [1.82, 2.24) is 24.6 Å². The Morgan fingerprint density at radius 3 is 2.75 bits per heavy atom. The molecule has 3 heterocycles. The highest BCUT2D eigenvalue weighted by Crippen LogP contribution is 2.42. The Labute approximate surface area is 163 Å². The van der Waals surface area contributed by atoms with Gasteiger partial charge >= 0.3 is 0 Å². The molecule has 1 amide bonds. The zero-order valence-corrected chi connectivity index (χ0v) is 15.9. The normalized spacial score (nSPS) is 19.0. The molecule has 28 heavy (non-hydrogen) atoms. The minimum Gasteiger partial charge on any atom is -0.327 e. The zero-order chi connectivity index (χ0) is 19.4. The number of thiazole rings is 1. The summed E-state index contributed by atoms with van der Waals surface area (Å²) < 4.78 is 28.7. The van der Waals surface area contributed by atoms with E-state index in [-0.39, 0.29) is 17.5 Å². The van der Waals surface area contributed by atoms with E-state index < -0.39 is 11.6 Å². The second-order valence-electron chi connectivity index (χ2n) is 7.18. The number of rotatable bonds is 3. The minimum atomic E-state index is -1.03. The summed E-state index contributed by atoms with van der Waals surface area (Å²) in [6.07, 6.45) is 2.39. The van der Waals surface area contributed by atoms with Gasteiger partial charge in [0.05, 0.1) is 11.0 Å². The molecule has 6 nitrogen and oxygen atoms in total. The highest BCUT2D eigenvalue weighted by Gasteiger charge is 2.33. The van der Waals surface area contributed by atoms with Crippen LogP contribution in [0.4, 0.5) is 8.78 Å². The van der Waals surface area contributed by atoms with Crippen molar-refractivity contribution in [3.8, 4) is 11.5 Å². The van der Waals surface area contributed by atoms with Crippen molar-refractivity contribution in [3.63, 3.8) is 0 Å². The number of benzene rings is 1. The van der Waals surface area contributed by atoms with Crippen LogP contribution in [0.1, 0.15) is 52.9 Å². The molecule has 0 saturated heterocycles. The summed E-state index contributed by atoms with van der Waals surface area (Å²) >= 11 is 1.65. The van der Waals surface area contributed by atoms with Crippen LogP contribution in [-0.2, 0) is 6.54 Å². The van der Waals surface area contributed by atoms with Crippen LogP contribution in [0, 0.1) is 11.6 Å². The summed E-state index contributed by atoms with van der Waals surface area (Å²) in [5, 5.41) is 11.8. The fourth-order valence-corrected chi connectivity index (χ4v) is 4.53. The van der Waals surface area contributed by atoms with Crippen molar-refractivity contribution < 1.29 is 13.6 Å². The van der Waals surface area contributed by atoms with Gasteiger partial charge in [-0.2, -0.15) is 0 Å². The van der Waals surface area contributed by atoms with E-state index in [1.807, 2.05) is 16.9 Å². The molecule has 1 aromatic carbocycles. The number of amides is 1. The Bertz CT molecular complexity index is 1070. The van der Waals surface area contributed by atoms with E-state index in [1.165, 1.54) is 18.9 Å². The molecule has 2 aliphatic rings. The molecule has 5 rings (SSSR count). The SMILES string of the molecule is C[C@@H]1c2nnc(-c3csc(C4CC4)n3)n2CCN1C(=O)c1ccc(F)c(F)c1. The first kappa shape index (κ1) is 17.4. The molecule has 0 unspecified atom stereocenters. The average Bonchev–Trinajstić information content (AvgIpc) is 3.25. The largest absolute Gasteiger partial charge is 0.327 e. The summed E-state index contributed by atoms with van der Waals surface area (Å²) in [6, 6.07) is 2.87. The third-order valence-corrected chi connectivity index (χ3v) is 6.30. The number of fused-ring (bicyclic) bond motifs is 1. The fraction of sp³-hybridized carbons (Fsp3) is 0.368. The van der Waals surface area contributed by atoms with Crippen LogP contribution in [0.2, 0.25) is 0 Å². The maximum absolute atomic E-state index is 13.5. The number of aromatic nitrogens is 4. The van der Waals surface area contributed by atoms with E-state index >= 15 is 0 Å². The molecular weight excluding hydrogens is 384 g/mol. The topological polar surface area (TPSA) is 63.9 Å². The number of nitrogens with zero attached hydrogens (tertiary/aromatic N) is 5. The first-order valence-electron chi connectivity index (χ1n) is 9.18. The second-order valence-corrected chi connectivity index (χ2v) is 8.07. The lowest BCUT2D eigenvalue weighted by atomic mass is 10.1. The van der Waals surface area contributed by atoms with Crippen molar-refractivity contribution >= 4 is 17.2 Å². The van der Waals surface area contributed by atoms with Crippen molar-refractivity contribution in [2.24, 2.45) is 0 Å². The van der Waals surface area contributed by atoms with Crippen LogP contribution in [0.5, 0.6) is 0 Å². The molecule has 144 valence electrons. The minimum absolute atomic E-state index is 0.118. The molecule has 2 aromatic heterocycles. The van der Waals surface area contributed by atoms with E-state index in [4.69, 9.17) is 4.98 Å². The molecule has 1 saturated carbocycles. The predicted octanol–water partition coefficient (Wildman–Crippen LogP) is 3.77. The zero-order valence-electron chi connectivity index (χ0n) is 15.1. The van der Waals surface area contributed by atoms with E-state index in [1.54, 1.807) is 16.2 Å². The summed E-state index contributed by atoms with van der Waals surface area (Å²) in [5.41, 5.74) is 0.936. The van der Waals surface area contributed by atoms with Crippen molar-refractivity contribution in [2.75, 3.05) is 6.54 Å². The van der Waals surface area contributed by atoms with E-state index in [0.717, 1.165) is 22.8 Å². The fourth-order valence-electron chi connectivity index (χ4n) is 3.56. The molecule has 3 aromatic rings. The quantitative estimate of drug-likeness (QED) is 0.670. The van der Waals surface area contributed by atoms with Crippen molar-refractivity contribution in [2.45, 2.75) is 38.3 Å². The maximum Gasteiger partial charge on any atom is 0.254 e. The van der Waals surface area contributed by atoms with Gasteiger partial charge in [0.25, 0.3) is 5.91 Å². The van der Waals surface area contributed by atoms with Crippen LogP contribution in [0.25, 0.3) is 11.5 Å². The van der Waals surface area contributed by atoms with E-state index in [0.29, 0.717) is 30.7 Å². The highest BCUT2D eigenvalue weighted by molar-refractivity contribution is 7.10.